The number of hydrogen-bond donors (Lipinski definition) is 2. The van der Waals surface area contributed by atoms with Gasteiger partial charge >= 0.3 is 10.1 Å². The predicted octanol–water partition coefficient (Wildman–Crippen LogP) is 4.31. The summed E-state index contributed by atoms with van der Waals surface area (Å²) in [7, 11) is -8.52. The summed E-state index contributed by atoms with van der Waals surface area (Å²) < 4.78 is 83.0. The SMILES string of the molecule is O=S(=O)(O)CCC[N+]1=C(C=C2Sc3ccc(F)cc3[N+]23CCC3S(=O)(=O)O)SC2c3ccccc3SC21. The Hall–Kier alpha value is -1.39. The van der Waals surface area contributed by atoms with Crippen LogP contribution in [0.15, 0.2) is 63.4 Å². The number of hydrogen-bond acceptors (Lipinski definition) is 7. The fourth-order valence-corrected chi connectivity index (χ4v) is 11.8. The van der Waals surface area contributed by atoms with Gasteiger partial charge < -0.3 is 0 Å². The van der Waals surface area contributed by atoms with Crippen molar-refractivity contribution in [2.24, 2.45) is 0 Å². The second-order valence-corrected chi connectivity index (χ2v) is 15.8. The average Bonchev–Trinajstić information content (AvgIpc) is 3.40. The molecular weight excluding hydrogens is 580 g/mol. The number of rotatable bonds is 6. The van der Waals surface area contributed by atoms with E-state index in [0.29, 0.717) is 23.8 Å². The normalized spacial score (nSPS) is 29.5. The van der Waals surface area contributed by atoms with E-state index < -0.39 is 31.4 Å². The van der Waals surface area contributed by atoms with Gasteiger partial charge in [0.1, 0.15) is 17.6 Å². The molecule has 0 aromatic heterocycles. The highest BCUT2D eigenvalue weighted by Crippen LogP contribution is 2.59. The molecule has 6 rings (SSSR count). The van der Waals surface area contributed by atoms with E-state index >= 15 is 0 Å². The molecule has 0 amide bonds. The number of fused-ring (bicyclic) bond motifs is 5. The Morgan fingerprint density at radius 1 is 1.08 bits per heavy atom. The van der Waals surface area contributed by atoms with Gasteiger partial charge in [-0.3, -0.25) is 9.11 Å². The topological polar surface area (TPSA) is 112 Å². The molecule has 8 nitrogen and oxygen atoms in total. The Bertz CT molecular complexity index is 1590. The van der Waals surface area contributed by atoms with Crippen molar-refractivity contribution < 1.29 is 34.9 Å². The second-order valence-electron chi connectivity index (χ2n) is 9.30. The Morgan fingerprint density at radius 2 is 1.86 bits per heavy atom. The minimum atomic E-state index is -4.41. The van der Waals surface area contributed by atoms with Crippen LogP contribution in [0.25, 0.3) is 0 Å². The van der Waals surface area contributed by atoms with Gasteiger partial charge in [-0.05, 0) is 47.3 Å². The van der Waals surface area contributed by atoms with E-state index in [4.69, 9.17) is 0 Å². The van der Waals surface area contributed by atoms with Crippen LogP contribution >= 0.6 is 35.3 Å². The lowest BCUT2D eigenvalue weighted by Gasteiger charge is -2.47. The van der Waals surface area contributed by atoms with E-state index in [1.807, 2.05) is 18.2 Å². The molecule has 0 radical (unpaired) electrons. The number of halogens is 1. The molecule has 0 saturated carbocycles. The van der Waals surface area contributed by atoms with Gasteiger partial charge in [0.15, 0.2) is 10.7 Å². The first-order valence-corrected chi connectivity index (χ1v) is 17.2. The number of thioether (sulfide) groups is 3. The zero-order chi connectivity index (χ0) is 26.2. The molecule has 0 aliphatic carbocycles. The van der Waals surface area contributed by atoms with E-state index in [2.05, 4.69) is 16.7 Å². The predicted molar refractivity (Wildman–Crippen MR) is 145 cm³/mol. The molecule has 4 unspecified atom stereocenters. The molecule has 196 valence electrons. The fourth-order valence-electron chi connectivity index (χ4n) is 5.46. The van der Waals surface area contributed by atoms with Gasteiger partial charge in [-0.2, -0.15) is 16.8 Å². The maximum atomic E-state index is 14.3. The fraction of sp³-hybridized carbons (Fsp3) is 0.348. The summed E-state index contributed by atoms with van der Waals surface area (Å²) in [5, 5.41) is 0.497. The first-order chi connectivity index (χ1) is 17.5. The minimum absolute atomic E-state index is 0.00378. The van der Waals surface area contributed by atoms with Crippen molar-refractivity contribution in [3.63, 3.8) is 0 Å². The van der Waals surface area contributed by atoms with Crippen molar-refractivity contribution in [3.05, 3.63) is 65.0 Å². The smallest absolute Gasteiger partial charge is 0.286 e. The lowest BCUT2D eigenvalue weighted by atomic mass is 10.1. The summed E-state index contributed by atoms with van der Waals surface area (Å²) >= 11 is 4.69. The Balaban J connectivity index is 1.44. The highest BCUT2D eigenvalue weighted by Gasteiger charge is 2.62. The quantitative estimate of drug-likeness (QED) is 0.284. The summed E-state index contributed by atoms with van der Waals surface area (Å²) in [4.78, 5) is 1.90. The van der Waals surface area contributed by atoms with Crippen molar-refractivity contribution >= 4 is 66.3 Å². The van der Waals surface area contributed by atoms with E-state index in [9.17, 15) is 30.3 Å². The van der Waals surface area contributed by atoms with Gasteiger partial charge in [-0.15, -0.1) is 0 Å². The molecule has 2 aromatic carbocycles. The van der Waals surface area contributed by atoms with Crippen LogP contribution in [-0.4, -0.2) is 65.2 Å². The van der Waals surface area contributed by atoms with Crippen LogP contribution in [0.4, 0.5) is 10.1 Å². The number of benzene rings is 2. The molecule has 4 atom stereocenters. The summed E-state index contributed by atoms with van der Waals surface area (Å²) in [5.41, 5.74) is 1.70. The molecule has 1 fully saturated rings. The molecule has 4 heterocycles. The van der Waals surface area contributed by atoms with Crippen LogP contribution < -0.4 is 4.48 Å². The molecule has 2 aromatic rings. The number of nitrogens with zero attached hydrogens (tertiary/aromatic N) is 2. The molecule has 1 spiro atoms. The monoisotopic (exact) mass is 602 g/mol. The molecule has 4 aliphatic rings. The Labute approximate surface area is 227 Å². The molecular formula is C23H23FN2O6S5+2. The zero-order valence-electron chi connectivity index (χ0n) is 19.2. The third-order valence-corrected chi connectivity index (χ3v) is 13.4. The second kappa shape index (κ2) is 9.08. The molecule has 1 saturated heterocycles. The van der Waals surface area contributed by atoms with Crippen LogP contribution in [0.3, 0.4) is 0 Å². The first-order valence-electron chi connectivity index (χ1n) is 11.5. The summed E-state index contributed by atoms with van der Waals surface area (Å²) in [6.07, 6.45) is 2.39. The van der Waals surface area contributed by atoms with Crippen LogP contribution in [0, 0.1) is 5.82 Å². The Kier molecular flexibility index (Phi) is 6.35. The molecule has 37 heavy (non-hydrogen) atoms. The number of quaternary nitrogens is 1. The van der Waals surface area contributed by atoms with Crippen molar-refractivity contribution in [3.8, 4) is 0 Å². The average molecular weight is 603 g/mol. The molecule has 14 heteroatoms. The van der Waals surface area contributed by atoms with E-state index in [0.717, 1.165) is 14.8 Å². The lowest BCUT2D eigenvalue weighted by Crippen LogP contribution is -2.66. The molecule has 0 bridgehead atoms. The largest absolute Gasteiger partial charge is 0.320 e. The third kappa shape index (κ3) is 4.39. The van der Waals surface area contributed by atoms with Gasteiger partial charge in [0.25, 0.3) is 10.1 Å². The molecule has 2 N–H and O–H groups in total. The standard InChI is InChI=1S/C23H21FN2O6S5/c24-14-6-7-18-16(12-14)26(10-8-21(26)37(30,31)32)20(33-18)13-19-25(9-3-11-36(27,28)29)23-22(35-19)15-4-1-2-5-17(15)34-23/h1-2,4-7,12-13,21-23H,3,8-11H2/p+2. The summed E-state index contributed by atoms with van der Waals surface area (Å²) in [5.74, 6) is -0.839. The lowest BCUT2D eigenvalue weighted by molar-refractivity contribution is -0.534. The third-order valence-electron chi connectivity index (χ3n) is 7.14. The van der Waals surface area contributed by atoms with Gasteiger partial charge in [0.05, 0.1) is 29.7 Å². The Morgan fingerprint density at radius 3 is 2.57 bits per heavy atom. The van der Waals surface area contributed by atoms with Gasteiger partial charge in [0, 0.05) is 17.4 Å². The highest BCUT2D eigenvalue weighted by atomic mass is 32.2. The van der Waals surface area contributed by atoms with Crippen LogP contribution in [0.1, 0.15) is 23.7 Å². The van der Waals surface area contributed by atoms with E-state index in [1.54, 1.807) is 29.6 Å². The maximum Gasteiger partial charge on any atom is 0.320 e. The van der Waals surface area contributed by atoms with Crippen molar-refractivity contribution in [1.29, 1.82) is 0 Å². The van der Waals surface area contributed by atoms with Crippen molar-refractivity contribution in [2.75, 3.05) is 18.8 Å². The minimum Gasteiger partial charge on any atom is -0.286 e. The highest BCUT2D eigenvalue weighted by molar-refractivity contribution is 8.16. The van der Waals surface area contributed by atoms with E-state index in [1.165, 1.54) is 29.5 Å². The summed E-state index contributed by atoms with van der Waals surface area (Å²) in [6.45, 7) is 0.785. The molecule has 4 aliphatic heterocycles. The van der Waals surface area contributed by atoms with Gasteiger partial charge in [-0.25, -0.2) is 13.4 Å². The van der Waals surface area contributed by atoms with E-state index in [-0.39, 0.29) is 33.7 Å². The van der Waals surface area contributed by atoms with Crippen molar-refractivity contribution in [2.45, 2.75) is 38.6 Å². The zero-order valence-corrected chi connectivity index (χ0v) is 23.3. The van der Waals surface area contributed by atoms with Gasteiger partial charge in [-0.1, -0.05) is 30.0 Å². The van der Waals surface area contributed by atoms with Crippen LogP contribution in [0.2, 0.25) is 0 Å². The van der Waals surface area contributed by atoms with Crippen molar-refractivity contribution in [1.82, 2.24) is 4.48 Å². The first kappa shape index (κ1) is 25.9. The maximum absolute atomic E-state index is 14.3. The van der Waals surface area contributed by atoms with Crippen LogP contribution in [0.5, 0.6) is 0 Å². The summed E-state index contributed by atoms with van der Waals surface area (Å²) in [6, 6.07) is 12.4. The van der Waals surface area contributed by atoms with Crippen LogP contribution in [-0.2, 0) is 20.2 Å². The van der Waals surface area contributed by atoms with Gasteiger partial charge in [0.2, 0.25) is 15.8 Å².